The molecule has 1 amide bonds. The monoisotopic (exact) mass is 293 g/mol. The van der Waals surface area contributed by atoms with Gasteiger partial charge in [0.05, 0.1) is 17.8 Å². The number of aromatic nitrogens is 1. The van der Waals surface area contributed by atoms with E-state index in [9.17, 15) is 4.79 Å². The van der Waals surface area contributed by atoms with Crippen molar-refractivity contribution in [2.24, 2.45) is 11.8 Å². The molecule has 2 aromatic rings. The maximum Gasteiger partial charge on any atom is 0.231 e. The van der Waals surface area contributed by atoms with Gasteiger partial charge in [-0.25, -0.2) is 0 Å². The number of pyridine rings is 1. The molecule has 112 valence electrons. The molecule has 0 bridgehead atoms. The predicted molar refractivity (Wildman–Crippen MR) is 85.3 cm³/mol. The van der Waals surface area contributed by atoms with Gasteiger partial charge in [-0.3, -0.25) is 14.7 Å². The van der Waals surface area contributed by atoms with E-state index in [1.807, 2.05) is 23.1 Å². The van der Waals surface area contributed by atoms with Crippen molar-refractivity contribution in [1.29, 1.82) is 0 Å². The zero-order chi connectivity index (χ0) is 14.9. The number of benzene rings is 1. The van der Waals surface area contributed by atoms with Gasteiger partial charge in [-0.2, -0.15) is 0 Å². The van der Waals surface area contributed by atoms with E-state index in [2.05, 4.69) is 34.1 Å². The summed E-state index contributed by atoms with van der Waals surface area (Å²) >= 11 is 0. The number of likely N-dealkylation sites (tertiary alicyclic amines) is 1. The highest BCUT2D eigenvalue weighted by Gasteiger charge is 2.46. The number of hydrogen-bond acceptors (Lipinski definition) is 3. The molecule has 2 atom stereocenters. The van der Waals surface area contributed by atoms with Crippen LogP contribution in [0.3, 0.4) is 0 Å². The third kappa shape index (κ3) is 2.40. The zero-order valence-electron chi connectivity index (χ0n) is 12.4. The standard InChI is InChI=1S/C18H19N3O/c22-18-17-13-20(10-14-5-2-1-3-6-14)11-15(17)12-21(18)16-7-4-8-19-9-16/h1-9,15,17H,10-13H2/t15-,17+/m0/s1. The lowest BCUT2D eigenvalue weighted by Crippen LogP contribution is -2.32. The smallest absolute Gasteiger partial charge is 0.231 e. The molecule has 0 radical (unpaired) electrons. The van der Waals surface area contributed by atoms with Gasteiger partial charge in [-0.15, -0.1) is 0 Å². The van der Waals surface area contributed by atoms with Gasteiger partial charge in [-0.1, -0.05) is 30.3 Å². The Bertz CT molecular complexity index is 659. The summed E-state index contributed by atoms with van der Waals surface area (Å²) in [6.45, 7) is 3.63. The SMILES string of the molecule is O=C1[C@@H]2CN(Cc3ccccc3)C[C@H]2CN1c1cccnc1. The Labute approximate surface area is 130 Å². The van der Waals surface area contributed by atoms with Gasteiger partial charge in [-0.05, 0) is 17.7 Å². The molecular formula is C18H19N3O. The van der Waals surface area contributed by atoms with Gasteiger partial charge in [0.15, 0.2) is 0 Å². The van der Waals surface area contributed by atoms with Crippen LogP contribution in [-0.2, 0) is 11.3 Å². The molecule has 1 aromatic heterocycles. The first kappa shape index (κ1) is 13.5. The first-order chi connectivity index (χ1) is 10.8. The van der Waals surface area contributed by atoms with Crippen LogP contribution in [0.5, 0.6) is 0 Å². The summed E-state index contributed by atoms with van der Waals surface area (Å²) in [6.07, 6.45) is 3.52. The second-order valence-electron chi connectivity index (χ2n) is 6.21. The molecule has 0 unspecified atom stereocenters. The minimum atomic E-state index is 0.143. The normalized spacial score (nSPS) is 24.7. The molecule has 2 saturated heterocycles. The number of carbonyl (C=O) groups is 1. The van der Waals surface area contributed by atoms with Crippen molar-refractivity contribution < 1.29 is 4.79 Å². The predicted octanol–water partition coefficient (Wildman–Crippen LogP) is 2.18. The highest BCUT2D eigenvalue weighted by molar-refractivity contribution is 5.97. The van der Waals surface area contributed by atoms with E-state index in [0.29, 0.717) is 5.92 Å². The van der Waals surface area contributed by atoms with Crippen molar-refractivity contribution in [2.75, 3.05) is 24.5 Å². The van der Waals surface area contributed by atoms with Crippen molar-refractivity contribution >= 4 is 11.6 Å². The molecule has 1 aromatic carbocycles. The fraction of sp³-hybridized carbons (Fsp3) is 0.333. The third-order valence-corrected chi connectivity index (χ3v) is 4.72. The number of rotatable bonds is 3. The van der Waals surface area contributed by atoms with Gasteiger partial charge < -0.3 is 4.90 Å². The molecule has 2 aliphatic rings. The van der Waals surface area contributed by atoms with E-state index in [-0.39, 0.29) is 11.8 Å². The second-order valence-corrected chi connectivity index (χ2v) is 6.21. The summed E-state index contributed by atoms with van der Waals surface area (Å²) in [5, 5.41) is 0. The van der Waals surface area contributed by atoms with Crippen molar-refractivity contribution in [3.05, 3.63) is 60.4 Å². The van der Waals surface area contributed by atoms with Gasteiger partial charge in [0, 0.05) is 38.3 Å². The van der Waals surface area contributed by atoms with Crippen LogP contribution in [0.15, 0.2) is 54.9 Å². The molecule has 0 spiro atoms. The number of nitrogens with zero attached hydrogens (tertiary/aromatic N) is 3. The van der Waals surface area contributed by atoms with Gasteiger partial charge >= 0.3 is 0 Å². The van der Waals surface area contributed by atoms with Gasteiger partial charge in [0.25, 0.3) is 0 Å². The van der Waals surface area contributed by atoms with E-state index < -0.39 is 0 Å². The van der Waals surface area contributed by atoms with Crippen LogP contribution >= 0.6 is 0 Å². The van der Waals surface area contributed by atoms with E-state index in [1.54, 1.807) is 12.4 Å². The second kappa shape index (κ2) is 5.54. The maximum atomic E-state index is 12.7. The Morgan fingerprint density at radius 3 is 2.64 bits per heavy atom. The third-order valence-electron chi connectivity index (χ3n) is 4.72. The van der Waals surface area contributed by atoms with Crippen LogP contribution in [0.2, 0.25) is 0 Å². The number of fused-ring (bicyclic) bond motifs is 1. The topological polar surface area (TPSA) is 36.4 Å². The van der Waals surface area contributed by atoms with Crippen LogP contribution in [0.1, 0.15) is 5.56 Å². The number of carbonyl (C=O) groups excluding carboxylic acids is 1. The van der Waals surface area contributed by atoms with Gasteiger partial charge in [0.1, 0.15) is 0 Å². The molecular weight excluding hydrogens is 274 g/mol. The van der Waals surface area contributed by atoms with E-state index in [1.165, 1.54) is 5.56 Å². The molecule has 0 aliphatic carbocycles. The largest absolute Gasteiger partial charge is 0.310 e. The Hall–Kier alpha value is -2.20. The highest BCUT2D eigenvalue weighted by atomic mass is 16.2. The summed E-state index contributed by atoms with van der Waals surface area (Å²) in [5.74, 6) is 0.842. The Kier molecular flexibility index (Phi) is 3.39. The Balaban J connectivity index is 1.44. The van der Waals surface area contributed by atoms with Crippen LogP contribution in [-0.4, -0.2) is 35.4 Å². The fourth-order valence-corrected chi connectivity index (χ4v) is 3.67. The highest BCUT2D eigenvalue weighted by Crippen LogP contribution is 2.35. The zero-order valence-corrected chi connectivity index (χ0v) is 12.4. The lowest BCUT2D eigenvalue weighted by molar-refractivity contribution is -0.120. The fourth-order valence-electron chi connectivity index (χ4n) is 3.67. The van der Waals surface area contributed by atoms with Crippen molar-refractivity contribution in [1.82, 2.24) is 9.88 Å². The molecule has 2 aliphatic heterocycles. The first-order valence-electron chi connectivity index (χ1n) is 7.79. The summed E-state index contributed by atoms with van der Waals surface area (Å²) in [4.78, 5) is 21.1. The minimum Gasteiger partial charge on any atom is -0.310 e. The lowest BCUT2D eigenvalue weighted by Gasteiger charge is -2.21. The Morgan fingerprint density at radius 2 is 1.91 bits per heavy atom. The summed E-state index contributed by atoms with van der Waals surface area (Å²) in [7, 11) is 0. The molecule has 2 fully saturated rings. The molecule has 4 rings (SSSR count). The Morgan fingerprint density at radius 1 is 1.05 bits per heavy atom. The maximum absolute atomic E-state index is 12.7. The molecule has 4 heteroatoms. The molecule has 0 N–H and O–H groups in total. The lowest BCUT2D eigenvalue weighted by atomic mass is 10.0. The molecule has 4 nitrogen and oxygen atoms in total. The molecule has 0 saturated carbocycles. The number of hydrogen-bond donors (Lipinski definition) is 0. The van der Waals surface area contributed by atoms with Gasteiger partial charge in [0.2, 0.25) is 5.91 Å². The van der Waals surface area contributed by atoms with Crippen LogP contribution < -0.4 is 4.90 Å². The first-order valence-corrected chi connectivity index (χ1v) is 7.79. The quantitative estimate of drug-likeness (QED) is 0.870. The van der Waals surface area contributed by atoms with Crippen LogP contribution in [0, 0.1) is 11.8 Å². The number of amides is 1. The van der Waals surface area contributed by atoms with E-state index >= 15 is 0 Å². The van der Waals surface area contributed by atoms with E-state index in [4.69, 9.17) is 0 Å². The average molecular weight is 293 g/mol. The molecule has 22 heavy (non-hydrogen) atoms. The summed E-state index contributed by atoms with van der Waals surface area (Å²) in [5.41, 5.74) is 2.25. The van der Waals surface area contributed by atoms with Crippen LogP contribution in [0.4, 0.5) is 5.69 Å². The minimum absolute atomic E-state index is 0.143. The van der Waals surface area contributed by atoms with Crippen molar-refractivity contribution in [2.45, 2.75) is 6.54 Å². The summed E-state index contributed by atoms with van der Waals surface area (Å²) < 4.78 is 0. The van der Waals surface area contributed by atoms with Crippen LogP contribution in [0.25, 0.3) is 0 Å². The average Bonchev–Trinajstić information content (AvgIpc) is 3.08. The van der Waals surface area contributed by atoms with Crippen molar-refractivity contribution in [3.8, 4) is 0 Å². The molecule has 3 heterocycles. The van der Waals surface area contributed by atoms with E-state index in [0.717, 1.165) is 31.9 Å². The summed E-state index contributed by atoms with van der Waals surface area (Å²) in [6, 6.07) is 14.3. The number of anilines is 1. The van der Waals surface area contributed by atoms with Crippen molar-refractivity contribution in [3.63, 3.8) is 0 Å².